The van der Waals surface area contributed by atoms with Crippen molar-refractivity contribution in [2.75, 3.05) is 6.54 Å². The standard InChI is InChI=1S/C14H18N2O3/c1-10-5-3-7-15-11(10)9-12(17)16-8-4-6-14(16,2)13(18)19/h3,5,7H,4,6,8-9H2,1-2H3,(H,18,19). The van der Waals surface area contributed by atoms with Gasteiger partial charge in [0.05, 0.1) is 12.1 Å². The molecule has 1 saturated heterocycles. The summed E-state index contributed by atoms with van der Waals surface area (Å²) in [6, 6.07) is 3.72. The highest BCUT2D eigenvalue weighted by Crippen LogP contribution is 2.29. The number of carbonyl (C=O) groups is 2. The Morgan fingerprint density at radius 2 is 2.26 bits per heavy atom. The molecule has 19 heavy (non-hydrogen) atoms. The van der Waals surface area contributed by atoms with Gasteiger partial charge < -0.3 is 10.0 Å². The Balaban J connectivity index is 2.17. The molecule has 102 valence electrons. The van der Waals surface area contributed by atoms with Crippen LogP contribution in [0, 0.1) is 6.92 Å². The summed E-state index contributed by atoms with van der Waals surface area (Å²) in [6.45, 7) is 4.02. The van der Waals surface area contributed by atoms with Gasteiger partial charge in [0.2, 0.25) is 5.91 Å². The van der Waals surface area contributed by atoms with E-state index < -0.39 is 11.5 Å². The Morgan fingerprint density at radius 1 is 1.53 bits per heavy atom. The Morgan fingerprint density at radius 3 is 2.89 bits per heavy atom. The first kappa shape index (κ1) is 13.5. The third-order valence-corrected chi connectivity index (χ3v) is 3.84. The lowest BCUT2D eigenvalue weighted by Gasteiger charge is -2.31. The molecule has 0 saturated carbocycles. The van der Waals surface area contributed by atoms with Crippen LogP contribution in [0.3, 0.4) is 0 Å². The van der Waals surface area contributed by atoms with Crippen LogP contribution in [0.2, 0.25) is 0 Å². The Labute approximate surface area is 112 Å². The first-order chi connectivity index (χ1) is 8.95. The molecule has 0 bridgehead atoms. The SMILES string of the molecule is Cc1cccnc1CC(=O)N1CCCC1(C)C(=O)O. The molecule has 2 rings (SSSR count). The lowest BCUT2D eigenvalue weighted by Crippen LogP contribution is -2.51. The molecule has 1 unspecified atom stereocenters. The molecule has 1 amide bonds. The van der Waals surface area contributed by atoms with E-state index in [0.717, 1.165) is 12.0 Å². The highest BCUT2D eigenvalue weighted by Gasteiger charge is 2.45. The predicted octanol–water partition coefficient (Wildman–Crippen LogP) is 1.40. The first-order valence-corrected chi connectivity index (χ1v) is 6.39. The van der Waals surface area contributed by atoms with Crippen molar-refractivity contribution in [3.63, 3.8) is 0 Å². The fourth-order valence-electron chi connectivity index (χ4n) is 2.53. The molecule has 5 nitrogen and oxygen atoms in total. The van der Waals surface area contributed by atoms with Gasteiger partial charge in [-0.2, -0.15) is 0 Å². The van der Waals surface area contributed by atoms with Crippen molar-refractivity contribution in [1.82, 2.24) is 9.88 Å². The Hall–Kier alpha value is -1.91. The molecule has 1 aromatic heterocycles. The van der Waals surface area contributed by atoms with E-state index >= 15 is 0 Å². The second-order valence-corrected chi connectivity index (χ2v) is 5.17. The van der Waals surface area contributed by atoms with Gasteiger partial charge >= 0.3 is 5.97 Å². The van der Waals surface area contributed by atoms with Crippen LogP contribution in [0.5, 0.6) is 0 Å². The summed E-state index contributed by atoms with van der Waals surface area (Å²) in [5, 5.41) is 9.30. The lowest BCUT2D eigenvalue weighted by molar-refractivity contribution is -0.155. The van der Waals surface area contributed by atoms with Crippen molar-refractivity contribution >= 4 is 11.9 Å². The molecule has 0 aromatic carbocycles. The number of nitrogens with zero attached hydrogens (tertiary/aromatic N) is 2. The van der Waals surface area contributed by atoms with Crippen LogP contribution < -0.4 is 0 Å². The van der Waals surface area contributed by atoms with Crippen molar-refractivity contribution < 1.29 is 14.7 Å². The number of carbonyl (C=O) groups excluding carboxylic acids is 1. The van der Waals surface area contributed by atoms with Crippen molar-refractivity contribution in [3.8, 4) is 0 Å². The summed E-state index contributed by atoms with van der Waals surface area (Å²) in [5.74, 6) is -1.10. The van der Waals surface area contributed by atoms with Gasteiger partial charge in [0.25, 0.3) is 0 Å². The highest BCUT2D eigenvalue weighted by molar-refractivity contribution is 5.88. The number of carboxylic acids is 1. The summed E-state index contributed by atoms with van der Waals surface area (Å²) >= 11 is 0. The van der Waals surface area contributed by atoms with Crippen LogP contribution in [0.4, 0.5) is 0 Å². The number of hydrogen-bond donors (Lipinski definition) is 1. The number of aliphatic carboxylic acids is 1. The minimum atomic E-state index is -1.07. The molecule has 2 heterocycles. The molecule has 0 radical (unpaired) electrons. The summed E-state index contributed by atoms with van der Waals surface area (Å²) in [7, 11) is 0. The van der Waals surface area contributed by atoms with Gasteiger partial charge in [-0.05, 0) is 38.3 Å². The zero-order valence-corrected chi connectivity index (χ0v) is 11.2. The average Bonchev–Trinajstić information content (AvgIpc) is 2.76. The monoisotopic (exact) mass is 262 g/mol. The van der Waals surface area contributed by atoms with Crippen LogP contribution in [-0.2, 0) is 16.0 Å². The summed E-state index contributed by atoms with van der Waals surface area (Å²) < 4.78 is 0. The van der Waals surface area contributed by atoms with Gasteiger partial charge in [-0.25, -0.2) is 4.79 Å². The number of likely N-dealkylation sites (tertiary alicyclic amines) is 1. The quantitative estimate of drug-likeness (QED) is 0.893. The van der Waals surface area contributed by atoms with Crippen LogP contribution in [0.15, 0.2) is 18.3 Å². The third-order valence-electron chi connectivity index (χ3n) is 3.84. The van der Waals surface area contributed by atoms with Crippen molar-refractivity contribution in [2.24, 2.45) is 0 Å². The molecular weight excluding hydrogens is 244 g/mol. The third kappa shape index (κ3) is 2.45. The number of rotatable bonds is 3. The van der Waals surface area contributed by atoms with Gasteiger partial charge in [0.15, 0.2) is 0 Å². The smallest absolute Gasteiger partial charge is 0.329 e. The zero-order valence-electron chi connectivity index (χ0n) is 11.2. The summed E-state index contributed by atoms with van der Waals surface area (Å²) in [4.78, 5) is 29.3. The largest absolute Gasteiger partial charge is 0.480 e. The molecule has 0 aliphatic carbocycles. The summed E-state index contributed by atoms with van der Waals surface area (Å²) in [5.41, 5.74) is 0.596. The predicted molar refractivity (Wildman–Crippen MR) is 69.7 cm³/mol. The molecule has 1 N–H and O–H groups in total. The minimum absolute atomic E-state index is 0.162. The molecule has 0 spiro atoms. The maximum atomic E-state index is 12.3. The average molecular weight is 262 g/mol. The minimum Gasteiger partial charge on any atom is -0.480 e. The molecule has 1 aromatic rings. The van der Waals surface area contributed by atoms with Crippen LogP contribution >= 0.6 is 0 Å². The second-order valence-electron chi connectivity index (χ2n) is 5.17. The second kappa shape index (κ2) is 4.99. The van der Waals surface area contributed by atoms with Crippen molar-refractivity contribution in [2.45, 2.75) is 38.6 Å². The van der Waals surface area contributed by atoms with E-state index in [9.17, 15) is 14.7 Å². The van der Waals surface area contributed by atoms with Gasteiger partial charge in [-0.15, -0.1) is 0 Å². The maximum Gasteiger partial charge on any atom is 0.329 e. The fourth-order valence-corrected chi connectivity index (χ4v) is 2.53. The van der Waals surface area contributed by atoms with Crippen LogP contribution in [-0.4, -0.2) is 39.0 Å². The topological polar surface area (TPSA) is 70.5 Å². The summed E-state index contributed by atoms with van der Waals surface area (Å²) in [6.07, 6.45) is 3.05. The van der Waals surface area contributed by atoms with E-state index in [0.29, 0.717) is 18.7 Å². The first-order valence-electron chi connectivity index (χ1n) is 6.39. The number of amides is 1. The Kier molecular flexibility index (Phi) is 3.55. The number of hydrogen-bond acceptors (Lipinski definition) is 3. The lowest BCUT2D eigenvalue weighted by atomic mass is 9.98. The molecule has 5 heteroatoms. The van der Waals surface area contributed by atoms with E-state index in [1.165, 1.54) is 4.90 Å². The van der Waals surface area contributed by atoms with Gasteiger partial charge in [-0.1, -0.05) is 6.07 Å². The normalized spacial score (nSPS) is 22.5. The molecule has 1 aliphatic rings. The van der Waals surface area contributed by atoms with Crippen LogP contribution in [0.1, 0.15) is 31.0 Å². The van der Waals surface area contributed by atoms with E-state index in [1.807, 2.05) is 19.1 Å². The van der Waals surface area contributed by atoms with E-state index in [4.69, 9.17) is 0 Å². The van der Waals surface area contributed by atoms with Gasteiger partial charge in [0, 0.05) is 12.7 Å². The highest BCUT2D eigenvalue weighted by atomic mass is 16.4. The van der Waals surface area contributed by atoms with E-state index in [2.05, 4.69) is 4.98 Å². The molecule has 1 fully saturated rings. The van der Waals surface area contributed by atoms with Crippen molar-refractivity contribution in [1.29, 1.82) is 0 Å². The molecule has 1 atom stereocenters. The number of carboxylic acid groups (broad SMARTS) is 1. The maximum absolute atomic E-state index is 12.3. The van der Waals surface area contributed by atoms with E-state index in [1.54, 1.807) is 13.1 Å². The molecule has 1 aliphatic heterocycles. The zero-order chi connectivity index (χ0) is 14.0. The van der Waals surface area contributed by atoms with Crippen LogP contribution in [0.25, 0.3) is 0 Å². The van der Waals surface area contributed by atoms with Gasteiger partial charge in [-0.3, -0.25) is 9.78 Å². The number of aryl methyl sites for hydroxylation is 1. The number of aromatic nitrogens is 1. The van der Waals surface area contributed by atoms with Gasteiger partial charge in [0.1, 0.15) is 5.54 Å². The number of pyridine rings is 1. The molecular formula is C14H18N2O3. The fraction of sp³-hybridized carbons (Fsp3) is 0.500. The van der Waals surface area contributed by atoms with Crippen molar-refractivity contribution in [3.05, 3.63) is 29.6 Å². The van der Waals surface area contributed by atoms with E-state index in [-0.39, 0.29) is 12.3 Å². The Bertz CT molecular complexity index is 515.